The van der Waals surface area contributed by atoms with Gasteiger partial charge in [-0.2, -0.15) is 0 Å². The van der Waals surface area contributed by atoms with E-state index in [4.69, 9.17) is 9.47 Å². The molecule has 0 aliphatic carbocycles. The third-order valence-electron chi connectivity index (χ3n) is 4.14. The van der Waals surface area contributed by atoms with Crippen LogP contribution in [0.4, 0.5) is 4.79 Å². The number of carbonyl (C=O) groups is 1. The van der Waals surface area contributed by atoms with Crippen molar-refractivity contribution in [3.63, 3.8) is 0 Å². The van der Waals surface area contributed by atoms with E-state index in [1.165, 1.54) is 4.90 Å². The zero-order valence-corrected chi connectivity index (χ0v) is 16.5. The lowest BCUT2D eigenvalue weighted by Gasteiger charge is -2.23. The van der Waals surface area contributed by atoms with Crippen LogP contribution in [0.1, 0.15) is 37.9 Å². The molecule has 0 aromatic heterocycles. The highest BCUT2D eigenvalue weighted by molar-refractivity contribution is 5.74. The van der Waals surface area contributed by atoms with E-state index in [0.717, 1.165) is 5.56 Å². The number of phenolic OH excluding ortho intramolecular Hbond substituents is 1. The minimum absolute atomic E-state index is 0.0462. The normalized spacial score (nSPS) is 11.8. The molecule has 2 rings (SSSR count). The number of carbonyl (C=O) groups excluding carboxylic acids is 1. The van der Waals surface area contributed by atoms with Gasteiger partial charge in [-0.05, 0) is 44.5 Å². The summed E-state index contributed by atoms with van der Waals surface area (Å²) in [6, 6.07) is 12.2. The highest BCUT2D eigenvalue weighted by Crippen LogP contribution is 2.31. The number of ether oxygens (including phenoxy) is 2. The molecular weight excluding hydrogens is 344 g/mol. The van der Waals surface area contributed by atoms with Gasteiger partial charge in [0.25, 0.3) is 0 Å². The maximum absolute atomic E-state index is 12.5. The quantitative estimate of drug-likeness (QED) is 0.768. The van der Waals surface area contributed by atoms with Gasteiger partial charge in [-0.25, -0.2) is 4.79 Å². The Labute approximate surface area is 160 Å². The first kappa shape index (κ1) is 20.4. The summed E-state index contributed by atoms with van der Waals surface area (Å²) in [5.41, 5.74) is 1.60. The van der Waals surface area contributed by atoms with Gasteiger partial charge < -0.3 is 24.8 Å². The second-order valence-electron chi connectivity index (χ2n) is 6.73. The second-order valence-corrected chi connectivity index (χ2v) is 6.73. The molecule has 27 heavy (non-hydrogen) atoms. The molecule has 0 bridgehead atoms. The molecular formula is C21H28N2O4. The highest BCUT2D eigenvalue weighted by atomic mass is 16.5. The van der Waals surface area contributed by atoms with Crippen LogP contribution in [0.15, 0.2) is 42.5 Å². The summed E-state index contributed by atoms with van der Waals surface area (Å²) in [7, 11) is 3.28. The lowest BCUT2D eigenvalue weighted by atomic mass is 10.1. The van der Waals surface area contributed by atoms with Gasteiger partial charge in [-0.15, -0.1) is 0 Å². The summed E-state index contributed by atoms with van der Waals surface area (Å²) >= 11 is 0. The smallest absolute Gasteiger partial charge is 0.317 e. The van der Waals surface area contributed by atoms with Crippen molar-refractivity contribution in [1.82, 2.24) is 10.2 Å². The van der Waals surface area contributed by atoms with Crippen molar-refractivity contribution in [2.75, 3.05) is 14.2 Å². The van der Waals surface area contributed by atoms with E-state index >= 15 is 0 Å². The Morgan fingerprint density at radius 3 is 2.48 bits per heavy atom. The molecule has 2 N–H and O–H groups in total. The molecule has 2 aromatic rings. The summed E-state index contributed by atoms with van der Waals surface area (Å²) in [4.78, 5) is 14.0. The monoisotopic (exact) mass is 372 g/mol. The van der Waals surface area contributed by atoms with E-state index in [1.807, 2.05) is 45.0 Å². The fourth-order valence-electron chi connectivity index (χ4n) is 2.66. The topological polar surface area (TPSA) is 71.0 Å². The predicted molar refractivity (Wildman–Crippen MR) is 105 cm³/mol. The minimum atomic E-state index is -0.229. The van der Waals surface area contributed by atoms with E-state index in [9.17, 15) is 9.90 Å². The molecule has 0 spiro atoms. The zero-order valence-electron chi connectivity index (χ0n) is 16.5. The standard InChI is InChI=1S/C21H28N2O4/c1-14(2)27-19-11-10-16(12-20(19)26-5)15(3)22-21(25)23(4)13-17-8-6-7-9-18(17)24/h6-12,14-15,24H,13H2,1-5H3,(H,22,25). The van der Waals surface area contributed by atoms with Crippen molar-refractivity contribution in [1.29, 1.82) is 0 Å². The van der Waals surface area contributed by atoms with Gasteiger partial charge in [0, 0.05) is 12.6 Å². The number of rotatable bonds is 7. The predicted octanol–water partition coefficient (Wildman–Crippen LogP) is 4.09. The number of hydrogen-bond acceptors (Lipinski definition) is 4. The summed E-state index contributed by atoms with van der Waals surface area (Å²) in [5.74, 6) is 1.48. The number of para-hydroxylation sites is 1. The van der Waals surface area contributed by atoms with Crippen molar-refractivity contribution in [2.45, 2.75) is 39.5 Å². The largest absolute Gasteiger partial charge is 0.508 e. The Balaban J connectivity index is 2.04. The first-order valence-electron chi connectivity index (χ1n) is 8.95. The maximum Gasteiger partial charge on any atom is 0.317 e. The Bertz CT molecular complexity index is 777. The van der Waals surface area contributed by atoms with Crippen LogP contribution >= 0.6 is 0 Å². The molecule has 1 atom stereocenters. The van der Waals surface area contributed by atoms with Crippen LogP contribution in [-0.4, -0.2) is 36.3 Å². The average molecular weight is 372 g/mol. The Hall–Kier alpha value is -2.89. The van der Waals surface area contributed by atoms with E-state index < -0.39 is 0 Å². The minimum Gasteiger partial charge on any atom is -0.508 e. The van der Waals surface area contributed by atoms with Gasteiger partial charge in [0.05, 0.1) is 25.8 Å². The lowest BCUT2D eigenvalue weighted by molar-refractivity contribution is 0.203. The van der Waals surface area contributed by atoms with Gasteiger partial charge in [-0.1, -0.05) is 24.3 Å². The fourth-order valence-corrected chi connectivity index (χ4v) is 2.66. The molecule has 0 fully saturated rings. The number of methoxy groups -OCH3 is 1. The lowest BCUT2D eigenvalue weighted by Crippen LogP contribution is -2.38. The molecule has 0 aliphatic heterocycles. The van der Waals surface area contributed by atoms with Gasteiger partial charge in [0.2, 0.25) is 0 Å². The van der Waals surface area contributed by atoms with Crippen LogP contribution in [0.5, 0.6) is 17.2 Å². The van der Waals surface area contributed by atoms with Crippen molar-refractivity contribution in [3.05, 3.63) is 53.6 Å². The third kappa shape index (κ3) is 5.54. The summed E-state index contributed by atoms with van der Waals surface area (Å²) in [6.07, 6.45) is 0.0462. The number of aromatic hydroxyl groups is 1. The van der Waals surface area contributed by atoms with Crippen LogP contribution in [0.2, 0.25) is 0 Å². The van der Waals surface area contributed by atoms with Crippen molar-refractivity contribution < 1.29 is 19.4 Å². The van der Waals surface area contributed by atoms with E-state index in [2.05, 4.69) is 5.32 Å². The van der Waals surface area contributed by atoms with Crippen molar-refractivity contribution in [2.24, 2.45) is 0 Å². The number of phenols is 1. The van der Waals surface area contributed by atoms with Gasteiger partial charge in [0.15, 0.2) is 11.5 Å². The summed E-state index contributed by atoms with van der Waals surface area (Å²) in [5, 5.41) is 12.8. The van der Waals surface area contributed by atoms with Gasteiger partial charge in [0.1, 0.15) is 5.75 Å². The molecule has 0 radical (unpaired) electrons. The summed E-state index contributed by atoms with van der Waals surface area (Å²) < 4.78 is 11.1. The van der Waals surface area contributed by atoms with Gasteiger partial charge in [-0.3, -0.25) is 0 Å². The first-order chi connectivity index (χ1) is 12.8. The number of nitrogens with one attached hydrogen (secondary N) is 1. The second kappa shape index (κ2) is 9.16. The molecule has 146 valence electrons. The maximum atomic E-state index is 12.5. The molecule has 0 saturated heterocycles. The van der Waals surface area contributed by atoms with Gasteiger partial charge >= 0.3 is 6.03 Å². The summed E-state index contributed by atoms with van der Waals surface area (Å²) in [6.45, 7) is 6.13. The molecule has 0 heterocycles. The molecule has 1 unspecified atom stereocenters. The first-order valence-corrected chi connectivity index (χ1v) is 8.95. The van der Waals surface area contributed by atoms with Crippen LogP contribution in [0.3, 0.4) is 0 Å². The molecule has 0 saturated carbocycles. The van der Waals surface area contributed by atoms with Crippen molar-refractivity contribution >= 4 is 6.03 Å². The number of nitrogens with zero attached hydrogens (tertiary/aromatic N) is 1. The van der Waals surface area contributed by atoms with Crippen molar-refractivity contribution in [3.8, 4) is 17.2 Å². The fraction of sp³-hybridized carbons (Fsp3) is 0.381. The van der Waals surface area contributed by atoms with Crippen LogP contribution in [-0.2, 0) is 6.54 Å². The number of amides is 2. The Kier molecular flexibility index (Phi) is 6.93. The number of benzene rings is 2. The SMILES string of the molecule is COc1cc(C(C)NC(=O)N(C)Cc2ccccc2O)ccc1OC(C)C. The molecule has 6 heteroatoms. The van der Waals surface area contributed by atoms with E-state index in [1.54, 1.807) is 32.4 Å². The molecule has 2 aromatic carbocycles. The number of urea groups is 1. The Morgan fingerprint density at radius 1 is 1.15 bits per heavy atom. The van der Waals surface area contributed by atoms with Crippen LogP contribution in [0, 0.1) is 0 Å². The zero-order chi connectivity index (χ0) is 20.0. The third-order valence-corrected chi connectivity index (χ3v) is 4.14. The molecule has 2 amide bonds. The Morgan fingerprint density at radius 2 is 1.85 bits per heavy atom. The van der Waals surface area contributed by atoms with Crippen LogP contribution in [0.25, 0.3) is 0 Å². The van der Waals surface area contributed by atoms with E-state index in [0.29, 0.717) is 23.6 Å². The highest BCUT2D eigenvalue weighted by Gasteiger charge is 2.16. The number of hydrogen-bond donors (Lipinski definition) is 2. The molecule has 0 aliphatic rings. The van der Waals surface area contributed by atoms with Crippen LogP contribution < -0.4 is 14.8 Å². The van der Waals surface area contributed by atoms with E-state index in [-0.39, 0.29) is 23.9 Å². The molecule has 6 nitrogen and oxygen atoms in total. The average Bonchev–Trinajstić information content (AvgIpc) is 2.63.